The molecule has 0 saturated carbocycles. The Labute approximate surface area is 346 Å². The van der Waals surface area contributed by atoms with Crippen LogP contribution >= 0.6 is 0 Å². The Morgan fingerprint density at radius 2 is 1.19 bits per heavy atom. The summed E-state index contributed by atoms with van der Waals surface area (Å²) < 4.78 is 17.5. The van der Waals surface area contributed by atoms with Crippen LogP contribution in [-0.2, 0) is 14.3 Å². The second-order valence-corrected chi connectivity index (χ2v) is 15.7. The van der Waals surface area contributed by atoms with E-state index in [1.54, 1.807) is 12.1 Å². The van der Waals surface area contributed by atoms with Gasteiger partial charge in [-0.2, -0.15) is 0 Å². The van der Waals surface area contributed by atoms with E-state index in [1.807, 2.05) is 24.3 Å². The van der Waals surface area contributed by atoms with Gasteiger partial charge in [-0.05, 0) is 127 Å². The summed E-state index contributed by atoms with van der Waals surface area (Å²) in [6.07, 6.45) is 32.1. The van der Waals surface area contributed by atoms with E-state index in [2.05, 4.69) is 140 Å². The largest absolute Gasteiger partial charge is 0.423 e. The average molecular weight is 783 g/mol. The first kappa shape index (κ1) is 39.4. The van der Waals surface area contributed by atoms with Gasteiger partial charge in [0.25, 0.3) is 0 Å². The van der Waals surface area contributed by atoms with Crippen molar-refractivity contribution in [2.75, 3.05) is 4.90 Å². The van der Waals surface area contributed by atoms with Crippen molar-refractivity contribution < 1.29 is 23.8 Å². The van der Waals surface area contributed by atoms with Crippen molar-refractivity contribution in [1.29, 1.82) is 0 Å². The average Bonchev–Trinajstić information content (AvgIpc) is 3.26. The Morgan fingerprint density at radius 1 is 0.593 bits per heavy atom. The lowest BCUT2D eigenvalue weighted by molar-refractivity contribution is -0.129. The molecule has 4 aliphatic carbocycles. The molecule has 0 spiro atoms. The molecule has 0 aromatic heterocycles. The molecule has 0 bridgehead atoms. The smallest absolute Gasteiger partial charge is 0.335 e. The zero-order valence-electron chi connectivity index (χ0n) is 33.7. The van der Waals surface area contributed by atoms with Crippen molar-refractivity contribution in [3.8, 4) is 11.5 Å². The number of hydrogen-bond acceptors (Lipinski definition) is 7. The summed E-state index contributed by atoms with van der Waals surface area (Å²) in [6, 6.07) is 24.3. The van der Waals surface area contributed by atoms with Gasteiger partial charge in [0, 0.05) is 34.9 Å². The Morgan fingerprint density at radius 3 is 1.69 bits per heavy atom. The van der Waals surface area contributed by atoms with E-state index in [4.69, 9.17) is 14.2 Å². The molecule has 0 aliphatic heterocycles. The summed E-state index contributed by atoms with van der Waals surface area (Å²) in [5.74, 6) is 0.520. The van der Waals surface area contributed by atoms with E-state index < -0.39 is 11.9 Å². The molecule has 59 heavy (non-hydrogen) atoms. The van der Waals surface area contributed by atoms with Crippen LogP contribution in [0.1, 0.15) is 46.0 Å². The van der Waals surface area contributed by atoms with Gasteiger partial charge in [0.05, 0.1) is 24.3 Å². The van der Waals surface area contributed by atoms with Gasteiger partial charge in [0.2, 0.25) is 0 Å². The number of benzene rings is 4. The van der Waals surface area contributed by atoms with Gasteiger partial charge in [-0.3, -0.25) is 0 Å². The maximum absolute atomic E-state index is 11.9. The number of esters is 2. The van der Waals surface area contributed by atoms with Crippen LogP contribution < -0.4 is 14.4 Å². The van der Waals surface area contributed by atoms with E-state index in [1.165, 1.54) is 17.0 Å². The number of carbonyl (C=O) groups excluding carboxylic acids is 2. The quantitative estimate of drug-likeness (QED) is 0.0613. The van der Waals surface area contributed by atoms with E-state index in [0.29, 0.717) is 17.4 Å². The molecule has 0 saturated heterocycles. The van der Waals surface area contributed by atoms with Crippen molar-refractivity contribution in [2.24, 2.45) is 5.92 Å². The topological polar surface area (TPSA) is 68.3 Å². The van der Waals surface area contributed by atoms with E-state index in [9.17, 15) is 9.59 Å². The molecule has 7 nitrogen and oxygen atoms in total. The fourth-order valence-electron chi connectivity index (χ4n) is 8.23. The summed E-state index contributed by atoms with van der Waals surface area (Å²) >= 11 is 0. The lowest BCUT2D eigenvalue weighted by atomic mass is 9.95. The highest BCUT2D eigenvalue weighted by Gasteiger charge is 2.28. The minimum absolute atomic E-state index is 0.00438. The summed E-state index contributed by atoms with van der Waals surface area (Å²) in [5.41, 5.74) is 5.87. The van der Waals surface area contributed by atoms with Crippen molar-refractivity contribution in [3.63, 3.8) is 0 Å². The minimum atomic E-state index is -0.492. The first-order valence-corrected chi connectivity index (χ1v) is 20.5. The highest BCUT2D eigenvalue weighted by Crippen LogP contribution is 2.38. The summed E-state index contributed by atoms with van der Waals surface area (Å²) in [4.78, 5) is 28.6. The molecule has 7 heteroatoms. The number of hydrogen-bond donors (Lipinski definition) is 0. The molecular formula is C52H50N2O5. The van der Waals surface area contributed by atoms with E-state index in [0.717, 1.165) is 77.2 Å². The fourth-order valence-corrected chi connectivity index (χ4v) is 8.23. The maximum Gasteiger partial charge on any atom is 0.335 e. The van der Waals surface area contributed by atoms with Crippen LogP contribution in [0, 0.1) is 5.92 Å². The van der Waals surface area contributed by atoms with Gasteiger partial charge in [-0.25, -0.2) is 9.59 Å². The molecule has 4 aliphatic rings. The third-order valence-electron chi connectivity index (χ3n) is 11.4. The molecule has 0 heterocycles. The molecule has 4 aromatic carbocycles. The molecule has 0 N–H and O–H groups in total. The van der Waals surface area contributed by atoms with Gasteiger partial charge in [-0.15, -0.1) is 0 Å². The van der Waals surface area contributed by atoms with Gasteiger partial charge in [0.1, 0.15) is 11.5 Å². The van der Waals surface area contributed by atoms with Crippen LogP contribution in [0.25, 0.3) is 21.5 Å². The number of fused-ring (bicyclic) bond motifs is 2. The van der Waals surface area contributed by atoms with Crippen LogP contribution in [0.2, 0.25) is 0 Å². The van der Waals surface area contributed by atoms with Crippen LogP contribution in [-0.4, -0.2) is 41.1 Å². The van der Waals surface area contributed by atoms with Crippen LogP contribution in [0.3, 0.4) is 0 Å². The number of nitrogens with zero attached hydrogens (tertiary/aromatic N) is 2. The molecule has 4 aromatic rings. The van der Waals surface area contributed by atoms with Crippen LogP contribution in [0.4, 0.5) is 11.4 Å². The monoisotopic (exact) mass is 782 g/mol. The van der Waals surface area contributed by atoms with Crippen molar-refractivity contribution in [3.05, 3.63) is 182 Å². The summed E-state index contributed by atoms with van der Waals surface area (Å²) in [7, 11) is 0. The van der Waals surface area contributed by atoms with Crippen molar-refractivity contribution in [2.45, 2.75) is 70.2 Å². The third-order valence-corrected chi connectivity index (χ3v) is 11.4. The lowest BCUT2D eigenvalue weighted by Crippen LogP contribution is -2.35. The van der Waals surface area contributed by atoms with Crippen LogP contribution in [0.5, 0.6) is 11.5 Å². The minimum Gasteiger partial charge on any atom is -0.423 e. The SMILES string of the molecule is C=CC(=O)Oc1ccc2cc(N(c3ccc4cc(OC(=O)C=C)ccc4c3)C3C=CC(OC4C=CC(N(C5=CCC(C)C=C5)C5C=CC(C)=CC5)=CC4)CC3)ccc2c1. The molecule has 5 atom stereocenters. The second kappa shape index (κ2) is 17.6. The maximum atomic E-state index is 11.9. The predicted octanol–water partition coefficient (Wildman–Crippen LogP) is 11.7. The van der Waals surface area contributed by atoms with E-state index in [-0.39, 0.29) is 24.3 Å². The summed E-state index contributed by atoms with van der Waals surface area (Å²) in [6.45, 7) is 11.4. The van der Waals surface area contributed by atoms with Gasteiger partial charge in [0.15, 0.2) is 0 Å². The molecule has 0 amide bonds. The Bertz CT molecular complexity index is 2410. The Balaban J connectivity index is 1.02. The fraction of sp³-hybridized carbons (Fsp3) is 0.231. The summed E-state index contributed by atoms with van der Waals surface area (Å²) in [5, 5.41) is 3.96. The van der Waals surface area contributed by atoms with Gasteiger partial charge >= 0.3 is 11.9 Å². The number of allylic oxidation sites excluding steroid dienone is 6. The number of rotatable bonds is 12. The highest BCUT2D eigenvalue weighted by atomic mass is 16.5. The number of anilines is 2. The van der Waals surface area contributed by atoms with E-state index >= 15 is 0 Å². The zero-order chi connectivity index (χ0) is 40.9. The normalized spacial score (nSPS) is 22.3. The third kappa shape index (κ3) is 9.16. The molecule has 5 unspecified atom stereocenters. The predicted molar refractivity (Wildman–Crippen MR) is 239 cm³/mol. The standard InChI is InChI=1S/C52H50N2O5/c1-5-51(55)58-49-25-13-37-31-45(19-11-39(37)33-49)54(46-20-12-40-34-50(59-52(56)6-2)26-14-38(40)32-46)44-23-29-48(30-24-44)57-47-27-21-43(22-28-47)53(41-15-7-35(3)8-16-41)42-17-9-36(4)10-18-42/h5-9,11-15,17-23,25-27,29,31-34,36,41,44,47-48H,1-2,10,16,24,28,30H2,3-4H3. The van der Waals surface area contributed by atoms with Crippen molar-refractivity contribution in [1.82, 2.24) is 4.90 Å². The van der Waals surface area contributed by atoms with Crippen LogP contribution in [0.15, 0.2) is 182 Å². The molecule has 0 fully saturated rings. The highest BCUT2D eigenvalue weighted by molar-refractivity contribution is 5.92. The van der Waals surface area contributed by atoms with Gasteiger partial charge in [-0.1, -0.05) is 105 Å². The molecular weight excluding hydrogens is 733 g/mol. The first-order chi connectivity index (χ1) is 28.7. The molecule has 0 radical (unpaired) electrons. The Hall–Kier alpha value is -6.44. The van der Waals surface area contributed by atoms with Gasteiger partial charge < -0.3 is 24.0 Å². The number of carbonyl (C=O) groups is 2. The zero-order valence-corrected chi connectivity index (χ0v) is 33.7. The second-order valence-electron chi connectivity index (χ2n) is 15.7. The molecule has 298 valence electrons. The Kier molecular flexibility index (Phi) is 11.7. The first-order valence-electron chi connectivity index (χ1n) is 20.5. The van der Waals surface area contributed by atoms with Crippen molar-refractivity contribution >= 4 is 44.9 Å². The lowest BCUT2D eigenvalue weighted by Gasteiger charge is -2.38. The number of ether oxygens (including phenoxy) is 3. The molecule has 8 rings (SSSR count).